The smallest absolute Gasteiger partial charge is 0.259 e. The summed E-state index contributed by atoms with van der Waals surface area (Å²) in [5.41, 5.74) is 5.12. The van der Waals surface area contributed by atoms with Crippen molar-refractivity contribution < 1.29 is 9.59 Å². The fourth-order valence-electron chi connectivity index (χ4n) is 4.56. The Labute approximate surface area is 224 Å². The Hall–Kier alpha value is -4.34. The molecule has 0 fully saturated rings. The number of benzene rings is 2. The molecule has 1 heterocycles. The Balaban J connectivity index is 1.66. The molecule has 0 saturated heterocycles. The van der Waals surface area contributed by atoms with Gasteiger partial charge in [-0.05, 0) is 55.3 Å². The summed E-state index contributed by atoms with van der Waals surface area (Å²) < 4.78 is 0. The zero-order valence-corrected chi connectivity index (χ0v) is 22.4. The van der Waals surface area contributed by atoms with Crippen LogP contribution in [-0.4, -0.2) is 23.7 Å². The van der Waals surface area contributed by atoms with Crippen LogP contribution in [0.2, 0.25) is 0 Å². The Morgan fingerprint density at radius 2 is 1.66 bits per heavy atom. The first-order valence-corrected chi connectivity index (χ1v) is 12.6. The first-order valence-electron chi connectivity index (χ1n) is 12.6. The van der Waals surface area contributed by atoms with Crippen molar-refractivity contribution in [3.63, 3.8) is 0 Å². The molecule has 0 radical (unpaired) electrons. The van der Waals surface area contributed by atoms with E-state index < -0.39 is 11.3 Å². The second kappa shape index (κ2) is 11.0. The van der Waals surface area contributed by atoms with Gasteiger partial charge in [0.1, 0.15) is 6.07 Å². The Bertz CT molecular complexity index is 1470. The minimum absolute atomic E-state index is 0.0275. The van der Waals surface area contributed by atoms with E-state index in [1.165, 1.54) is 5.56 Å². The summed E-state index contributed by atoms with van der Waals surface area (Å²) in [5.74, 6) is -0.923. The Morgan fingerprint density at radius 1 is 1.00 bits per heavy atom. The number of aromatic nitrogens is 1. The van der Waals surface area contributed by atoms with Crippen LogP contribution in [0.1, 0.15) is 65.2 Å². The van der Waals surface area contributed by atoms with E-state index in [1.54, 1.807) is 25.3 Å². The van der Waals surface area contributed by atoms with Crippen LogP contribution >= 0.6 is 0 Å². The highest BCUT2D eigenvalue weighted by Crippen LogP contribution is 2.32. The molecule has 1 aromatic heterocycles. The number of ketones is 1. The third kappa shape index (κ3) is 5.64. The molecule has 2 aromatic carbocycles. The summed E-state index contributed by atoms with van der Waals surface area (Å²) in [6.45, 7) is 7.65. The molecular formula is C32H32N4O2. The van der Waals surface area contributed by atoms with Crippen molar-refractivity contribution in [3.05, 3.63) is 118 Å². The van der Waals surface area contributed by atoms with E-state index in [1.807, 2.05) is 70.2 Å². The standard InChI is InChI=1S/C32H32N4O2/c1-20-11-16-24-28(35-20)27(34-5)18-25(29(24)37)31(38)36-30(32(2,3)4)26(19-33)23-14-12-22(13-15-23)17-21-9-7-6-8-10-21/h6-16,18,27,34H,17H2,1-5H3,(H,36,38)/b30-26-. The zero-order chi connectivity index (χ0) is 27.4. The number of aryl methyl sites for hydroxylation is 1. The molecule has 2 N–H and O–H groups in total. The highest BCUT2D eigenvalue weighted by atomic mass is 16.2. The lowest BCUT2D eigenvalue weighted by atomic mass is 9.85. The molecule has 0 spiro atoms. The van der Waals surface area contributed by atoms with Crippen molar-refractivity contribution in [3.8, 4) is 6.07 Å². The molecule has 38 heavy (non-hydrogen) atoms. The van der Waals surface area contributed by atoms with Gasteiger partial charge in [-0.15, -0.1) is 0 Å². The highest BCUT2D eigenvalue weighted by molar-refractivity contribution is 6.27. The number of pyridine rings is 1. The third-order valence-electron chi connectivity index (χ3n) is 6.58. The number of likely N-dealkylation sites (N-methyl/N-ethyl adjacent to an activating group) is 1. The van der Waals surface area contributed by atoms with Crippen molar-refractivity contribution in [2.45, 2.75) is 40.2 Å². The van der Waals surface area contributed by atoms with Crippen molar-refractivity contribution in [2.75, 3.05) is 7.05 Å². The van der Waals surface area contributed by atoms with Crippen molar-refractivity contribution in [1.82, 2.24) is 15.6 Å². The Kier molecular flexibility index (Phi) is 7.70. The molecule has 1 amide bonds. The zero-order valence-electron chi connectivity index (χ0n) is 22.4. The number of nitrogens with one attached hydrogen (secondary N) is 2. The normalized spacial score (nSPS) is 15.6. The molecule has 3 aromatic rings. The molecular weight excluding hydrogens is 472 g/mol. The second-order valence-corrected chi connectivity index (χ2v) is 10.5. The van der Waals surface area contributed by atoms with Gasteiger partial charge in [-0.1, -0.05) is 75.4 Å². The molecule has 6 nitrogen and oxygen atoms in total. The fourth-order valence-corrected chi connectivity index (χ4v) is 4.56. The maximum atomic E-state index is 13.5. The number of rotatable bonds is 6. The number of fused-ring (bicyclic) bond motifs is 1. The number of nitriles is 1. The summed E-state index contributed by atoms with van der Waals surface area (Å²) in [7, 11) is 1.76. The van der Waals surface area contributed by atoms with Crippen LogP contribution in [0.15, 0.2) is 84.1 Å². The number of nitrogens with zero attached hydrogens (tertiary/aromatic N) is 2. The van der Waals surface area contributed by atoms with Gasteiger partial charge in [0.25, 0.3) is 5.91 Å². The van der Waals surface area contributed by atoms with Gasteiger partial charge in [0.15, 0.2) is 5.78 Å². The van der Waals surface area contributed by atoms with Gasteiger partial charge in [-0.25, -0.2) is 0 Å². The van der Waals surface area contributed by atoms with E-state index in [9.17, 15) is 14.9 Å². The maximum absolute atomic E-state index is 13.5. The van der Waals surface area contributed by atoms with Gasteiger partial charge < -0.3 is 10.6 Å². The number of Topliss-reactive ketones (excluding diaryl/α,β-unsaturated/α-hetero) is 1. The van der Waals surface area contributed by atoms with Crippen molar-refractivity contribution >= 4 is 17.3 Å². The molecule has 1 atom stereocenters. The summed E-state index contributed by atoms with van der Waals surface area (Å²) in [6.07, 6.45) is 2.39. The molecule has 0 aliphatic heterocycles. The second-order valence-electron chi connectivity index (χ2n) is 10.5. The molecule has 1 aliphatic rings. The van der Waals surface area contributed by atoms with Gasteiger partial charge in [0.2, 0.25) is 0 Å². The lowest BCUT2D eigenvalue weighted by Gasteiger charge is -2.27. The number of hydrogen-bond acceptors (Lipinski definition) is 5. The van der Waals surface area contributed by atoms with E-state index in [0.717, 1.165) is 17.7 Å². The number of carbonyl (C=O) groups excluding carboxylic acids is 2. The predicted octanol–water partition coefficient (Wildman–Crippen LogP) is 5.46. The largest absolute Gasteiger partial charge is 0.324 e. The van der Waals surface area contributed by atoms with E-state index in [-0.39, 0.29) is 17.4 Å². The minimum Gasteiger partial charge on any atom is -0.324 e. The maximum Gasteiger partial charge on any atom is 0.259 e. The van der Waals surface area contributed by atoms with Gasteiger partial charge in [-0.2, -0.15) is 5.26 Å². The fraction of sp³-hybridized carbons (Fsp3) is 0.250. The van der Waals surface area contributed by atoms with Gasteiger partial charge in [-0.3, -0.25) is 14.6 Å². The molecule has 6 heteroatoms. The summed E-state index contributed by atoms with van der Waals surface area (Å²) in [5, 5.41) is 16.2. The Morgan fingerprint density at radius 3 is 2.26 bits per heavy atom. The van der Waals surface area contributed by atoms with Crippen LogP contribution in [0.25, 0.3) is 5.57 Å². The molecule has 0 saturated carbocycles. The van der Waals surface area contributed by atoms with Crippen LogP contribution in [-0.2, 0) is 11.2 Å². The SMILES string of the molecule is CNC1C=C(C(=O)N/C(=C(/C#N)c2ccc(Cc3ccccc3)cc2)C(C)(C)C)C(=O)c2ccc(C)nc21. The lowest BCUT2D eigenvalue weighted by Crippen LogP contribution is -2.36. The highest BCUT2D eigenvalue weighted by Gasteiger charge is 2.33. The van der Waals surface area contributed by atoms with Gasteiger partial charge in [0.05, 0.1) is 22.9 Å². The third-order valence-corrected chi connectivity index (χ3v) is 6.58. The average Bonchev–Trinajstić information content (AvgIpc) is 2.89. The van der Waals surface area contributed by atoms with Crippen molar-refractivity contribution in [1.29, 1.82) is 5.26 Å². The van der Waals surface area contributed by atoms with Crippen LogP contribution in [0.5, 0.6) is 0 Å². The van der Waals surface area contributed by atoms with E-state index in [2.05, 4.69) is 33.8 Å². The number of hydrogen-bond donors (Lipinski definition) is 2. The molecule has 4 rings (SSSR count). The molecule has 0 bridgehead atoms. The average molecular weight is 505 g/mol. The van der Waals surface area contributed by atoms with Crippen molar-refractivity contribution in [2.24, 2.45) is 5.41 Å². The molecule has 1 aliphatic carbocycles. The summed E-state index contributed by atoms with van der Waals surface area (Å²) in [4.78, 5) is 31.3. The summed E-state index contributed by atoms with van der Waals surface area (Å²) >= 11 is 0. The number of allylic oxidation sites excluding steroid dienone is 2. The van der Waals surface area contributed by atoms with Crippen LogP contribution in [0.3, 0.4) is 0 Å². The molecule has 192 valence electrons. The van der Waals surface area contributed by atoms with Crippen LogP contribution < -0.4 is 10.6 Å². The van der Waals surface area contributed by atoms with Gasteiger partial charge >= 0.3 is 0 Å². The quantitative estimate of drug-likeness (QED) is 0.343. The van der Waals surface area contributed by atoms with Gasteiger partial charge in [0, 0.05) is 22.4 Å². The molecule has 1 unspecified atom stereocenters. The monoisotopic (exact) mass is 504 g/mol. The number of carbonyl (C=O) groups is 2. The predicted molar refractivity (Wildman–Crippen MR) is 149 cm³/mol. The van der Waals surface area contributed by atoms with E-state index in [0.29, 0.717) is 28.1 Å². The minimum atomic E-state index is -0.569. The van der Waals surface area contributed by atoms with Crippen LogP contribution in [0.4, 0.5) is 0 Å². The lowest BCUT2D eigenvalue weighted by molar-refractivity contribution is -0.116. The summed E-state index contributed by atoms with van der Waals surface area (Å²) in [6, 6.07) is 23.4. The topological polar surface area (TPSA) is 94.9 Å². The van der Waals surface area contributed by atoms with Crippen LogP contribution in [0, 0.1) is 23.7 Å². The van der Waals surface area contributed by atoms with E-state index in [4.69, 9.17) is 0 Å². The first kappa shape index (κ1) is 26.7. The number of amides is 1. The first-order chi connectivity index (χ1) is 18.1. The van der Waals surface area contributed by atoms with E-state index >= 15 is 0 Å².